The molecule has 0 saturated heterocycles. The first-order valence-electron chi connectivity index (χ1n) is 12.5. The van der Waals surface area contributed by atoms with Gasteiger partial charge in [-0.1, -0.05) is 60.7 Å². The highest BCUT2D eigenvalue weighted by Gasteiger charge is 2.06. The van der Waals surface area contributed by atoms with Gasteiger partial charge in [0.05, 0.1) is 10.5 Å². The Morgan fingerprint density at radius 2 is 0.892 bits per heavy atom. The van der Waals surface area contributed by atoms with Crippen LogP contribution in [0.4, 0.5) is 11.4 Å². The molecule has 6 heteroatoms. The van der Waals surface area contributed by atoms with Gasteiger partial charge in [-0.05, 0) is 66.1 Å². The number of thiol groups is 2. The minimum Gasteiger partial charge on any atom is -0.492 e. The number of ether oxygens (including phenoxy) is 2. The molecule has 0 aliphatic carbocycles. The summed E-state index contributed by atoms with van der Waals surface area (Å²) in [4.78, 5) is 0. The molecule has 2 N–H and O–H groups in total. The zero-order valence-electron chi connectivity index (χ0n) is 20.8. The first-order chi connectivity index (χ1) is 18.1. The second-order valence-electron chi connectivity index (χ2n) is 8.89. The number of anilines is 2. The molecule has 0 aliphatic rings. The average molecular weight is 531 g/mol. The van der Waals surface area contributed by atoms with Crippen molar-refractivity contribution in [3.8, 4) is 11.5 Å². The molecule has 0 aromatic heterocycles. The molecule has 0 saturated carbocycles. The van der Waals surface area contributed by atoms with Crippen molar-refractivity contribution in [2.75, 3.05) is 36.9 Å². The Morgan fingerprint density at radius 3 is 1.27 bits per heavy atom. The van der Waals surface area contributed by atoms with E-state index in [0.717, 1.165) is 42.4 Å². The van der Waals surface area contributed by atoms with Gasteiger partial charge in [0.1, 0.15) is 24.7 Å². The van der Waals surface area contributed by atoms with Gasteiger partial charge >= 0.3 is 0 Å². The number of hydrogen-bond acceptors (Lipinski definition) is 6. The lowest BCUT2D eigenvalue weighted by Crippen LogP contribution is -2.21. The molecule has 0 heterocycles. The SMILES string of the molecule is SC(CNc1ccc(Cc2ccc(NCC(S)COc3ccccc3)cc2)cc1)COc1ccccc1. The summed E-state index contributed by atoms with van der Waals surface area (Å²) in [5.74, 6) is 1.74. The molecule has 37 heavy (non-hydrogen) atoms. The molecule has 2 unspecified atom stereocenters. The van der Waals surface area contributed by atoms with Crippen molar-refractivity contribution in [1.29, 1.82) is 0 Å². The van der Waals surface area contributed by atoms with E-state index in [0.29, 0.717) is 13.2 Å². The van der Waals surface area contributed by atoms with Gasteiger partial charge in [-0.15, -0.1) is 0 Å². The van der Waals surface area contributed by atoms with E-state index in [-0.39, 0.29) is 10.5 Å². The zero-order valence-corrected chi connectivity index (χ0v) is 22.6. The molecule has 192 valence electrons. The molecule has 4 aromatic carbocycles. The standard InChI is InChI=1S/C31H34N2O2S2/c36-30(22-34-28-7-3-1-4-8-28)20-32-26-15-11-24(12-16-26)19-25-13-17-27(18-14-25)33-21-31(37)23-35-29-9-5-2-6-10-29/h1-18,30-33,36-37H,19-23H2. The van der Waals surface area contributed by atoms with Gasteiger partial charge < -0.3 is 20.1 Å². The Morgan fingerprint density at radius 1 is 0.514 bits per heavy atom. The Kier molecular flexibility index (Phi) is 10.5. The van der Waals surface area contributed by atoms with Crippen molar-refractivity contribution >= 4 is 36.6 Å². The third-order valence-electron chi connectivity index (χ3n) is 5.77. The summed E-state index contributed by atoms with van der Waals surface area (Å²) >= 11 is 9.27. The van der Waals surface area contributed by atoms with E-state index in [1.165, 1.54) is 11.1 Å². The summed E-state index contributed by atoms with van der Waals surface area (Å²) in [7, 11) is 0. The minimum atomic E-state index is 0.0984. The number of hydrogen-bond donors (Lipinski definition) is 4. The zero-order chi connectivity index (χ0) is 25.7. The Labute approximate surface area is 231 Å². The van der Waals surface area contributed by atoms with Crippen LogP contribution in [0.2, 0.25) is 0 Å². The van der Waals surface area contributed by atoms with Crippen LogP contribution in [0.25, 0.3) is 0 Å². The number of nitrogens with one attached hydrogen (secondary N) is 2. The van der Waals surface area contributed by atoms with E-state index < -0.39 is 0 Å². The largest absolute Gasteiger partial charge is 0.492 e. The van der Waals surface area contributed by atoms with E-state index >= 15 is 0 Å². The van der Waals surface area contributed by atoms with Gasteiger partial charge in [-0.25, -0.2) is 0 Å². The maximum Gasteiger partial charge on any atom is 0.119 e. The quantitative estimate of drug-likeness (QED) is 0.135. The molecule has 0 amide bonds. The number of rotatable bonds is 14. The molecule has 4 rings (SSSR count). The average Bonchev–Trinajstić information content (AvgIpc) is 2.95. The van der Waals surface area contributed by atoms with Crippen molar-refractivity contribution in [3.63, 3.8) is 0 Å². The molecular formula is C31H34N2O2S2. The second kappa shape index (κ2) is 14.5. The summed E-state index contributed by atoms with van der Waals surface area (Å²) in [5.41, 5.74) is 4.71. The lowest BCUT2D eigenvalue weighted by molar-refractivity contribution is 0.320. The van der Waals surface area contributed by atoms with E-state index in [4.69, 9.17) is 9.47 Å². The summed E-state index contributed by atoms with van der Waals surface area (Å²) in [6.07, 6.45) is 0.890. The summed E-state index contributed by atoms with van der Waals surface area (Å²) in [5, 5.41) is 7.08. The second-order valence-corrected chi connectivity index (χ2v) is 10.3. The summed E-state index contributed by atoms with van der Waals surface area (Å²) in [6, 6.07) is 36.8. The van der Waals surface area contributed by atoms with Crippen LogP contribution >= 0.6 is 25.3 Å². The fourth-order valence-corrected chi connectivity index (χ4v) is 4.06. The van der Waals surface area contributed by atoms with Crippen LogP contribution in [0.5, 0.6) is 11.5 Å². The lowest BCUT2D eigenvalue weighted by atomic mass is 10.0. The monoisotopic (exact) mass is 530 g/mol. The summed E-state index contributed by atoms with van der Waals surface area (Å²) in [6.45, 7) is 2.57. The predicted octanol–water partition coefficient (Wildman–Crippen LogP) is 6.86. The molecular weight excluding hydrogens is 496 g/mol. The smallest absolute Gasteiger partial charge is 0.119 e. The highest BCUT2D eigenvalue weighted by Crippen LogP contribution is 2.17. The first-order valence-corrected chi connectivity index (χ1v) is 13.5. The lowest BCUT2D eigenvalue weighted by Gasteiger charge is -2.15. The highest BCUT2D eigenvalue weighted by atomic mass is 32.1. The Hall–Kier alpha value is -3.22. The van der Waals surface area contributed by atoms with Crippen LogP contribution in [0.3, 0.4) is 0 Å². The Bertz CT molecular complexity index is 1080. The van der Waals surface area contributed by atoms with Crippen LogP contribution in [-0.2, 0) is 6.42 Å². The van der Waals surface area contributed by atoms with Crippen molar-refractivity contribution in [1.82, 2.24) is 0 Å². The predicted molar refractivity (Wildman–Crippen MR) is 162 cm³/mol. The molecule has 0 spiro atoms. The molecule has 0 bridgehead atoms. The minimum absolute atomic E-state index is 0.0984. The van der Waals surface area contributed by atoms with Crippen LogP contribution < -0.4 is 20.1 Å². The third-order valence-corrected chi connectivity index (χ3v) is 6.43. The van der Waals surface area contributed by atoms with Crippen molar-refractivity contribution in [2.45, 2.75) is 16.9 Å². The van der Waals surface area contributed by atoms with Crippen molar-refractivity contribution < 1.29 is 9.47 Å². The van der Waals surface area contributed by atoms with E-state index in [2.05, 4.69) is 84.4 Å². The maximum absolute atomic E-state index is 5.77. The third kappa shape index (κ3) is 9.63. The molecule has 4 nitrogen and oxygen atoms in total. The van der Waals surface area contributed by atoms with Gasteiger partial charge in [0, 0.05) is 24.5 Å². The van der Waals surface area contributed by atoms with Crippen LogP contribution in [0.15, 0.2) is 109 Å². The Balaban J connectivity index is 1.15. The van der Waals surface area contributed by atoms with Gasteiger partial charge in [-0.2, -0.15) is 25.3 Å². The number of benzene rings is 4. The van der Waals surface area contributed by atoms with Crippen molar-refractivity contribution in [2.24, 2.45) is 0 Å². The molecule has 0 radical (unpaired) electrons. The van der Waals surface area contributed by atoms with Gasteiger partial charge in [0.15, 0.2) is 0 Å². The van der Waals surface area contributed by atoms with E-state index in [1.54, 1.807) is 0 Å². The maximum atomic E-state index is 5.77. The van der Waals surface area contributed by atoms with E-state index in [1.807, 2.05) is 60.7 Å². The molecule has 0 aliphatic heterocycles. The fourth-order valence-electron chi connectivity index (χ4n) is 3.72. The topological polar surface area (TPSA) is 42.5 Å². The summed E-state index contributed by atoms with van der Waals surface area (Å²) < 4.78 is 11.5. The fraction of sp³-hybridized carbons (Fsp3) is 0.226. The highest BCUT2D eigenvalue weighted by molar-refractivity contribution is 7.81. The van der Waals surface area contributed by atoms with Gasteiger partial charge in [0.2, 0.25) is 0 Å². The van der Waals surface area contributed by atoms with Crippen LogP contribution in [-0.4, -0.2) is 36.8 Å². The van der Waals surface area contributed by atoms with Gasteiger partial charge in [-0.3, -0.25) is 0 Å². The molecule has 4 aromatic rings. The van der Waals surface area contributed by atoms with Gasteiger partial charge in [0.25, 0.3) is 0 Å². The number of para-hydroxylation sites is 2. The molecule has 0 fully saturated rings. The normalized spacial score (nSPS) is 12.4. The van der Waals surface area contributed by atoms with Crippen molar-refractivity contribution in [3.05, 3.63) is 120 Å². The van der Waals surface area contributed by atoms with Crippen LogP contribution in [0.1, 0.15) is 11.1 Å². The first kappa shape index (κ1) is 26.8. The molecule has 2 atom stereocenters. The van der Waals surface area contributed by atoms with E-state index in [9.17, 15) is 0 Å². The van der Waals surface area contributed by atoms with Crippen LogP contribution in [0, 0.1) is 0 Å².